The number of hydrogen-bond donors (Lipinski definition) is 1. The van der Waals surface area contributed by atoms with Crippen molar-refractivity contribution in [1.82, 2.24) is 5.32 Å². The molecule has 108 valence electrons. The summed E-state index contributed by atoms with van der Waals surface area (Å²) in [7, 11) is 2.10. The van der Waals surface area contributed by atoms with Crippen molar-refractivity contribution in [3.05, 3.63) is 64.2 Å². The molecule has 2 aromatic carbocycles. The van der Waals surface area contributed by atoms with Crippen LogP contribution in [0.4, 0.5) is 5.69 Å². The molecule has 0 aromatic heterocycles. The van der Waals surface area contributed by atoms with Gasteiger partial charge in [0.2, 0.25) is 0 Å². The smallest absolute Gasteiger partial charge is 0.253 e. The Bertz CT molecular complexity index is 684. The number of rotatable bonds is 3. The lowest BCUT2D eigenvalue weighted by Gasteiger charge is -2.12. The second-order valence-corrected chi connectivity index (χ2v) is 5.70. The Kier molecular flexibility index (Phi) is 3.84. The first-order chi connectivity index (χ1) is 10.1. The molecule has 1 amide bonds. The van der Waals surface area contributed by atoms with Gasteiger partial charge in [0.05, 0.1) is 10.6 Å². The number of carbonyl (C=O) groups excluding carboxylic acids is 1. The number of halogens is 1. The quantitative estimate of drug-likeness (QED) is 0.943. The van der Waals surface area contributed by atoms with Gasteiger partial charge in [0.1, 0.15) is 0 Å². The van der Waals surface area contributed by atoms with Gasteiger partial charge < -0.3 is 10.2 Å². The number of likely N-dealkylation sites (N-methyl/N-ethyl adjacent to an activating group) is 1. The molecule has 1 aliphatic heterocycles. The van der Waals surface area contributed by atoms with Crippen LogP contribution >= 0.6 is 11.6 Å². The molecule has 0 unspecified atom stereocenters. The van der Waals surface area contributed by atoms with Crippen LogP contribution in [0.25, 0.3) is 0 Å². The number of fused-ring (bicyclic) bond motifs is 1. The van der Waals surface area contributed by atoms with Crippen LogP contribution in [0.2, 0.25) is 5.02 Å². The summed E-state index contributed by atoms with van der Waals surface area (Å²) in [6.07, 6.45) is 1.07. The van der Waals surface area contributed by atoms with Crippen LogP contribution in [0.1, 0.15) is 21.5 Å². The van der Waals surface area contributed by atoms with Gasteiger partial charge in [-0.3, -0.25) is 4.79 Å². The van der Waals surface area contributed by atoms with E-state index in [0.717, 1.165) is 18.5 Å². The summed E-state index contributed by atoms with van der Waals surface area (Å²) >= 11 is 6.03. The first-order valence-electron chi connectivity index (χ1n) is 7.01. The lowest BCUT2D eigenvalue weighted by atomic mass is 10.1. The number of nitrogens with one attached hydrogen (secondary N) is 1. The summed E-state index contributed by atoms with van der Waals surface area (Å²) in [5.41, 5.74) is 4.27. The normalized spacial score (nSPS) is 13.1. The number of anilines is 1. The van der Waals surface area contributed by atoms with Crippen molar-refractivity contribution in [1.29, 1.82) is 0 Å². The summed E-state index contributed by atoms with van der Waals surface area (Å²) in [6.45, 7) is 1.58. The molecule has 0 saturated carbocycles. The minimum Gasteiger partial charge on any atom is -0.374 e. The average molecular weight is 301 g/mol. The van der Waals surface area contributed by atoms with Gasteiger partial charge in [0.15, 0.2) is 0 Å². The molecular formula is C17H17ClN2O. The van der Waals surface area contributed by atoms with E-state index in [2.05, 4.69) is 35.5 Å². The molecule has 0 radical (unpaired) electrons. The van der Waals surface area contributed by atoms with E-state index in [1.54, 1.807) is 12.1 Å². The summed E-state index contributed by atoms with van der Waals surface area (Å²) in [6, 6.07) is 13.4. The van der Waals surface area contributed by atoms with Crippen molar-refractivity contribution in [3.63, 3.8) is 0 Å². The fourth-order valence-electron chi connectivity index (χ4n) is 2.65. The van der Waals surface area contributed by atoms with E-state index in [1.165, 1.54) is 11.3 Å². The van der Waals surface area contributed by atoms with Crippen LogP contribution in [0, 0.1) is 0 Å². The number of carbonyl (C=O) groups is 1. The number of amides is 1. The monoisotopic (exact) mass is 300 g/mol. The molecule has 1 N–H and O–H groups in total. The first kappa shape index (κ1) is 14.0. The van der Waals surface area contributed by atoms with E-state index in [9.17, 15) is 4.79 Å². The molecular weight excluding hydrogens is 284 g/mol. The van der Waals surface area contributed by atoms with E-state index < -0.39 is 0 Å². The number of benzene rings is 2. The van der Waals surface area contributed by atoms with E-state index >= 15 is 0 Å². The average Bonchev–Trinajstić information content (AvgIpc) is 2.86. The van der Waals surface area contributed by atoms with Gasteiger partial charge in [-0.1, -0.05) is 35.9 Å². The Hall–Kier alpha value is -2.00. The molecule has 0 bridgehead atoms. The largest absolute Gasteiger partial charge is 0.374 e. The predicted molar refractivity (Wildman–Crippen MR) is 86.0 cm³/mol. The van der Waals surface area contributed by atoms with Crippen LogP contribution in [-0.2, 0) is 13.0 Å². The molecule has 0 saturated heterocycles. The molecule has 4 heteroatoms. The second-order valence-electron chi connectivity index (χ2n) is 5.30. The fraction of sp³-hybridized carbons (Fsp3) is 0.235. The maximum atomic E-state index is 12.1. The zero-order valence-electron chi connectivity index (χ0n) is 11.9. The van der Waals surface area contributed by atoms with Crippen LogP contribution in [0.3, 0.4) is 0 Å². The van der Waals surface area contributed by atoms with E-state index in [4.69, 9.17) is 11.6 Å². The van der Waals surface area contributed by atoms with Crippen molar-refractivity contribution in [3.8, 4) is 0 Å². The van der Waals surface area contributed by atoms with Crippen molar-refractivity contribution in [2.45, 2.75) is 13.0 Å². The Morgan fingerprint density at radius 2 is 2.10 bits per heavy atom. The SMILES string of the molecule is CN1CCc2cc(CNC(=O)c3ccccc3Cl)ccc21. The minimum absolute atomic E-state index is 0.141. The summed E-state index contributed by atoms with van der Waals surface area (Å²) in [4.78, 5) is 14.4. The first-order valence-corrected chi connectivity index (χ1v) is 7.38. The van der Waals surface area contributed by atoms with E-state index in [-0.39, 0.29) is 5.91 Å². The highest BCUT2D eigenvalue weighted by Crippen LogP contribution is 2.27. The van der Waals surface area contributed by atoms with Gasteiger partial charge in [-0.25, -0.2) is 0 Å². The van der Waals surface area contributed by atoms with Crippen LogP contribution in [0.15, 0.2) is 42.5 Å². The van der Waals surface area contributed by atoms with Gasteiger partial charge in [0.25, 0.3) is 5.91 Å². The lowest BCUT2D eigenvalue weighted by Crippen LogP contribution is -2.23. The van der Waals surface area contributed by atoms with Gasteiger partial charge in [-0.2, -0.15) is 0 Å². The summed E-state index contributed by atoms with van der Waals surface area (Å²) < 4.78 is 0. The Morgan fingerprint density at radius 1 is 1.29 bits per heavy atom. The van der Waals surface area contributed by atoms with Crippen LogP contribution in [0.5, 0.6) is 0 Å². The molecule has 2 aromatic rings. The van der Waals surface area contributed by atoms with Crippen molar-refractivity contribution < 1.29 is 4.79 Å². The molecule has 1 aliphatic rings. The Morgan fingerprint density at radius 3 is 2.90 bits per heavy atom. The third-order valence-electron chi connectivity index (χ3n) is 3.84. The molecule has 0 spiro atoms. The van der Waals surface area contributed by atoms with E-state index in [1.807, 2.05) is 12.1 Å². The second kappa shape index (κ2) is 5.78. The molecule has 0 atom stereocenters. The van der Waals surface area contributed by atoms with Crippen LogP contribution in [-0.4, -0.2) is 19.5 Å². The number of nitrogens with zero attached hydrogens (tertiary/aromatic N) is 1. The third kappa shape index (κ3) is 2.88. The lowest BCUT2D eigenvalue weighted by molar-refractivity contribution is 0.0951. The zero-order valence-corrected chi connectivity index (χ0v) is 12.7. The molecule has 21 heavy (non-hydrogen) atoms. The van der Waals surface area contributed by atoms with E-state index in [0.29, 0.717) is 17.1 Å². The molecule has 0 aliphatic carbocycles. The Labute approximate surface area is 129 Å². The van der Waals surface area contributed by atoms with Crippen molar-refractivity contribution in [2.75, 3.05) is 18.5 Å². The zero-order chi connectivity index (χ0) is 14.8. The third-order valence-corrected chi connectivity index (χ3v) is 4.17. The molecule has 0 fully saturated rings. The Balaban J connectivity index is 1.68. The summed E-state index contributed by atoms with van der Waals surface area (Å²) in [5.74, 6) is -0.141. The highest BCUT2D eigenvalue weighted by molar-refractivity contribution is 6.33. The molecule has 3 nitrogen and oxygen atoms in total. The summed E-state index contributed by atoms with van der Waals surface area (Å²) in [5, 5.41) is 3.40. The topological polar surface area (TPSA) is 32.3 Å². The predicted octanol–water partition coefficient (Wildman–Crippen LogP) is 3.26. The van der Waals surface area contributed by atoms with Crippen molar-refractivity contribution >= 4 is 23.2 Å². The standard InChI is InChI=1S/C17H17ClN2O/c1-20-9-8-13-10-12(6-7-16(13)20)11-19-17(21)14-4-2-3-5-15(14)18/h2-7,10H,8-9,11H2,1H3,(H,19,21). The molecule has 3 rings (SSSR count). The fourth-order valence-corrected chi connectivity index (χ4v) is 2.87. The highest BCUT2D eigenvalue weighted by Gasteiger charge is 2.16. The van der Waals surface area contributed by atoms with Crippen LogP contribution < -0.4 is 10.2 Å². The van der Waals surface area contributed by atoms with Gasteiger partial charge in [-0.05, 0) is 35.7 Å². The van der Waals surface area contributed by atoms with Crippen molar-refractivity contribution in [2.24, 2.45) is 0 Å². The van der Waals surface area contributed by atoms with Gasteiger partial charge in [0, 0.05) is 25.8 Å². The maximum Gasteiger partial charge on any atom is 0.253 e. The van der Waals surface area contributed by atoms with Gasteiger partial charge in [-0.15, -0.1) is 0 Å². The maximum absolute atomic E-state index is 12.1. The highest BCUT2D eigenvalue weighted by atomic mass is 35.5. The van der Waals surface area contributed by atoms with Gasteiger partial charge >= 0.3 is 0 Å². The number of hydrogen-bond acceptors (Lipinski definition) is 2. The molecule has 1 heterocycles. The minimum atomic E-state index is -0.141.